The summed E-state index contributed by atoms with van der Waals surface area (Å²) in [6.07, 6.45) is 4.34. The Labute approximate surface area is 221 Å². The van der Waals surface area contributed by atoms with Crippen LogP contribution in [0.2, 0.25) is 0 Å². The molecule has 10 nitrogen and oxygen atoms in total. The second-order valence-electron chi connectivity index (χ2n) is 10.2. The number of rotatable bonds is 10. The van der Waals surface area contributed by atoms with Gasteiger partial charge in [0.15, 0.2) is 11.1 Å². The van der Waals surface area contributed by atoms with Crippen molar-refractivity contribution in [3.63, 3.8) is 0 Å². The van der Waals surface area contributed by atoms with Gasteiger partial charge in [-0.25, -0.2) is 19.2 Å². The summed E-state index contributed by atoms with van der Waals surface area (Å²) in [4.78, 5) is 48.1. The number of cyclic esters (lactones) is 4. The number of esters is 4. The van der Waals surface area contributed by atoms with E-state index in [0.29, 0.717) is 12.8 Å². The molecule has 1 aromatic carbocycles. The molecule has 2 aliphatic rings. The largest absolute Gasteiger partial charge is 0.511 e. The van der Waals surface area contributed by atoms with E-state index in [4.69, 9.17) is 18.9 Å². The van der Waals surface area contributed by atoms with Crippen LogP contribution in [0.4, 0.5) is 0 Å². The highest BCUT2D eigenvalue weighted by Crippen LogP contribution is 2.27. The average Bonchev–Trinajstić information content (AvgIpc) is 2.77. The van der Waals surface area contributed by atoms with E-state index in [1.165, 1.54) is 27.7 Å². The van der Waals surface area contributed by atoms with E-state index in [9.17, 15) is 29.4 Å². The molecule has 0 aromatic heterocycles. The molecule has 0 aliphatic carbocycles. The van der Waals surface area contributed by atoms with Gasteiger partial charge in [0.25, 0.3) is 11.6 Å². The molecule has 10 heteroatoms. The molecule has 206 valence electrons. The van der Waals surface area contributed by atoms with Crippen molar-refractivity contribution < 1.29 is 48.3 Å². The smallest absolute Gasteiger partial charge is 0.352 e. The average molecular weight is 531 g/mol. The standard InChI is InChI=1S/C28H34O10/c1-27(2)35-23(31)21(24(32)36-27)19(29)14-7-5-10-17-12-9-13-18(16-17)11-6-8-15-20(30)22-25(33)37-28(3,4)38-26(22)34/h9,12-13,16,29-30H,5-8,10-11,14-15H2,1-4H3. The molecule has 1 aromatic rings. The van der Waals surface area contributed by atoms with Gasteiger partial charge in [-0.15, -0.1) is 0 Å². The number of hydrogen-bond donors (Lipinski definition) is 2. The highest BCUT2D eigenvalue weighted by Gasteiger charge is 2.42. The lowest BCUT2D eigenvalue weighted by Crippen LogP contribution is -2.42. The van der Waals surface area contributed by atoms with Crippen molar-refractivity contribution in [2.75, 3.05) is 0 Å². The molecule has 0 radical (unpaired) electrons. The number of allylic oxidation sites excluding steroid dienone is 2. The molecule has 2 aliphatic heterocycles. The van der Waals surface area contributed by atoms with Gasteiger partial charge in [-0.3, -0.25) is 0 Å². The van der Waals surface area contributed by atoms with Gasteiger partial charge in [0, 0.05) is 40.5 Å². The highest BCUT2D eigenvalue weighted by molar-refractivity contribution is 6.16. The molecule has 2 N–H and O–H groups in total. The van der Waals surface area contributed by atoms with Gasteiger partial charge in [0.2, 0.25) is 0 Å². The first kappa shape index (κ1) is 28.7. The van der Waals surface area contributed by atoms with E-state index in [-0.39, 0.29) is 24.4 Å². The minimum Gasteiger partial charge on any atom is -0.511 e. The number of aryl methyl sites for hydroxylation is 2. The lowest BCUT2D eigenvalue weighted by atomic mass is 10.00. The summed E-state index contributed by atoms with van der Waals surface area (Å²) >= 11 is 0. The predicted molar refractivity (Wildman–Crippen MR) is 133 cm³/mol. The van der Waals surface area contributed by atoms with Gasteiger partial charge >= 0.3 is 23.9 Å². The fraction of sp³-hybridized carbons (Fsp3) is 0.500. The molecule has 3 rings (SSSR count). The number of aliphatic hydroxyl groups excluding tert-OH is 2. The monoisotopic (exact) mass is 530 g/mol. The Bertz CT molecular complexity index is 1040. The van der Waals surface area contributed by atoms with E-state index in [0.717, 1.165) is 36.8 Å². The van der Waals surface area contributed by atoms with Crippen LogP contribution in [0, 0.1) is 0 Å². The molecule has 0 spiro atoms. The molecule has 2 fully saturated rings. The van der Waals surface area contributed by atoms with Crippen LogP contribution in [-0.2, 0) is 51.0 Å². The van der Waals surface area contributed by atoms with Crippen LogP contribution >= 0.6 is 0 Å². The summed E-state index contributed by atoms with van der Waals surface area (Å²) in [5.74, 6) is -6.91. The van der Waals surface area contributed by atoms with Crippen molar-refractivity contribution >= 4 is 23.9 Å². The maximum Gasteiger partial charge on any atom is 0.352 e. The number of ether oxygens (including phenoxy) is 4. The summed E-state index contributed by atoms with van der Waals surface area (Å²) < 4.78 is 20.0. The van der Waals surface area contributed by atoms with Gasteiger partial charge in [-0.05, 0) is 49.7 Å². The molecular formula is C28H34O10. The second-order valence-corrected chi connectivity index (χ2v) is 10.2. The lowest BCUT2D eigenvalue weighted by molar-refractivity contribution is -0.224. The molecule has 0 atom stereocenters. The summed E-state index contributed by atoms with van der Waals surface area (Å²) in [6, 6.07) is 8.03. The van der Waals surface area contributed by atoms with Crippen LogP contribution in [0.15, 0.2) is 46.9 Å². The summed E-state index contributed by atoms with van der Waals surface area (Å²) in [5.41, 5.74) is 1.31. The normalized spacial score (nSPS) is 18.3. The predicted octanol–water partition coefficient (Wildman–Crippen LogP) is 4.41. The van der Waals surface area contributed by atoms with Gasteiger partial charge in [0.1, 0.15) is 11.5 Å². The van der Waals surface area contributed by atoms with E-state index in [2.05, 4.69) is 6.07 Å². The maximum atomic E-state index is 12.0. The quantitative estimate of drug-likeness (QED) is 0.147. The fourth-order valence-corrected chi connectivity index (χ4v) is 4.21. The molecule has 0 saturated carbocycles. The highest BCUT2D eigenvalue weighted by atomic mass is 16.7. The maximum absolute atomic E-state index is 12.0. The zero-order valence-corrected chi connectivity index (χ0v) is 22.1. The van der Waals surface area contributed by atoms with Crippen LogP contribution in [-0.4, -0.2) is 45.7 Å². The Kier molecular flexibility index (Phi) is 8.85. The first-order valence-corrected chi connectivity index (χ1v) is 12.6. The van der Waals surface area contributed by atoms with E-state index in [1.54, 1.807) is 0 Å². The van der Waals surface area contributed by atoms with E-state index < -0.39 is 46.6 Å². The van der Waals surface area contributed by atoms with Gasteiger partial charge in [-0.2, -0.15) is 0 Å². The van der Waals surface area contributed by atoms with Gasteiger partial charge < -0.3 is 29.2 Å². The van der Waals surface area contributed by atoms with Crippen LogP contribution in [0.25, 0.3) is 0 Å². The summed E-state index contributed by atoms with van der Waals surface area (Å²) in [6.45, 7) is 5.78. The summed E-state index contributed by atoms with van der Waals surface area (Å²) in [5, 5.41) is 20.5. The third-order valence-electron chi connectivity index (χ3n) is 6.00. The number of aliphatic hydroxyl groups is 2. The van der Waals surface area contributed by atoms with Crippen LogP contribution in [0.1, 0.15) is 77.3 Å². The van der Waals surface area contributed by atoms with E-state index >= 15 is 0 Å². The van der Waals surface area contributed by atoms with Gasteiger partial charge in [-0.1, -0.05) is 24.3 Å². The number of benzene rings is 1. The Morgan fingerprint density at radius 2 is 0.974 bits per heavy atom. The van der Waals surface area contributed by atoms with Crippen molar-refractivity contribution in [2.45, 2.75) is 90.6 Å². The van der Waals surface area contributed by atoms with Crippen LogP contribution in [0.5, 0.6) is 0 Å². The molecule has 0 unspecified atom stereocenters. The molecule has 0 bridgehead atoms. The Hall–Kier alpha value is -3.82. The van der Waals surface area contributed by atoms with Crippen LogP contribution < -0.4 is 0 Å². The number of unbranched alkanes of at least 4 members (excludes halogenated alkanes) is 2. The number of carbonyl (C=O) groups is 4. The molecule has 2 saturated heterocycles. The number of carbonyl (C=O) groups excluding carboxylic acids is 4. The van der Waals surface area contributed by atoms with Crippen molar-refractivity contribution in [3.05, 3.63) is 58.1 Å². The first-order chi connectivity index (χ1) is 17.8. The fourth-order valence-electron chi connectivity index (χ4n) is 4.21. The molecular weight excluding hydrogens is 496 g/mol. The molecule has 0 amide bonds. The Balaban J connectivity index is 1.43. The minimum absolute atomic E-state index is 0.150. The van der Waals surface area contributed by atoms with Crippen molar-refractivity contribution in [1.29, 1.82) is 0 Å². The van der Waals surface area contributed by atoms with Crippen molar-refractivity contribution in [2.24, 2.45) is 0 Å². The van der Waals surface area contributed by atoms with Gasteiger partial charge in [0.05, 0.1) is 0 Å². The molecule has 38 heavy (non-hydrogen) atoms. The topological polar surface area (TPSA) is 146 Å². The summed E-state index contributed by atoms with van der Waals surface area (Å²) in [7, 11) is 0. The van der Waals surface area contributed by atoms with Crippen molar-refractivity contribution in [1.82, 2.24) is 0 Å². The van der Waals surface area contributed by atoms with Crippen LogP contribution in [0.3, 0.4) is 0 Å². The second kappa shape index (κ2) is 11.7. The first-order valence-electron chi connectivity index (χ1n) is 12.6. The SMILES string of the molecule is CC1(C)OC(=O)C(=C(O)CCCCc2cccc(CCCCC(O)=C3C(=O)OC(C)(C)OC3=O)c2)C(=O)O1. The number of hydrogen-bond acceptors (Lipinski definition) is 10. The molecule has 2 heterocycles. The minimum atomic E-state index is -1.35. The third kappa shape index (κ3) is 7.60. The lowest BCUT2D eigenvalue weighted by Gasteiger charge is -2.30. The third-order valence-corrected chi connectivity index (χ3v) is 6.00. The van der Waals surface area contributed by atoms with Crippen molar-refractivity contribution in [3.8, 4) is 0 Å². The Morgan fingerprint density at radius 3 is 1.32 bits per heavy atom. The van der Waals surface area contributed by atoms with E-state index in [1.807, 2.05) is 18.2 Å². The Morgan fingerprint density at radius 1 is 0.632 bits per heavy atom. The zero-order valence-electron chi connectivity index (χ0n) is 22.1. The zero-order chi connectivity index (χ0) is 28.1.